The van der Waals surface area contributed by atoms with Gasteiger partial charge in [-0.15, -0.1) is 0 Å². The molecule has 0 bridgehead atoms. The summed E-state index contributed by atoms with van der Waals surface area (Å²) in [7, 11) is 1.54. The molecule has 1 rings (SSSR count). The lowest BCUT2D eigenvalue weighted by atomic mass is 10.1. The fourth-order valence-electron chi connectivity index (χ4n) is 1.44. The van der Waals surface area contributed by atoms with E-state index in [1.165, 1.54) is 4.90 Å². The van der Waals surface area contributed by atoms with E-state index in [2.05, 4.69) is 15.9 Å². The van der Waals surface area contributed by atoms with E-state index in [4.69, 9.17) is 10.8 Å². The minimum absolute atomic E-state index is 0.419. The SMILES string of the molecule is CN(CCc1ccccc1Br)C(=O)C(N)C(=O)O. The zero-order valence-corrected chi connectivity index (χ0v) is 11.6. The predicted molar refractivity (Wildman–Crippen MR) is 71.1 cm³/mol. The van der Waals surface area contributed by atoms with E-state index in [9.17, 15) is 9.59 Å². The van der Waals surface area contributed by atoms with Gasteiger partial charge >= 0.3 is 5.97 Å². The average molecular weight is 315 g/mol. The molecule has 5 nitrogen and oxygen atoms in total. The minimum atomic E-state index is -1.49. The Kier molecular flexibility index (Phi) is 5.30. The van der Waals surface area contributed by atoms with E-state index in [1.807, 2.05) is 24.3 Å². The third kappa shape index (κ3) is 3.82. The predicted octanol–water partition coefficient (Wildman–Crippen LogP) is 0.862. The van der Waals surface area contributed by atoms with E-state index in [1.54, 1.807) is 7.05 Å². The van der Waals surface area contributed by atoms with Crippen LogP contribution in [0.15, 0.2) is 28.7 Å². The molecule has 1 amide bonds. The highest BCUT2D eigenvalue weighted by atomic mass is 79.9. The van der Waals surface area contributed by atoms with Crippen molar-refractivity contribution in [1.82, 2.24) is 4.90 Å². The van der Waals surface area contributed by atoms with E-state index in [0.29, 0.717) is 13.0 Å². The molecule has 1 atom stereocenters. The highest BCUT2D eigenvalue weighted by Crippen LogP contribution is 2.16. The molecule has 98 valence electrons. The van der Waals surface area contributed by atoms with Crippen molar-refractivity contribution in [2.24, 2.45) is 5.73 Å². The van der Waals surface area contributed by atoms with Crippen molar-refractivity contribution in [3.05, 3.63) is 34.3 Å². The van der Waals surface area contributed by atoms with Crippen LogP contribution in [0.2, 0.25) is 0 Å². The zero-order chi connectivity index (χ0) is 13.7. The number of benzene rings is 1. The second kappa shape index (κ2) is 6.51. The first-order chi connectivity index (χ1) is 8.43. The van der Waals surface area contributed by atoms with Crippen molar-refractivity contribution in [2.75, 3.05) is 13.6 Å². The first-order valence-corrected chi connectivity index (χ1v) is 6.19. The maximum absolute atomic E-state index is 11.6. The fourth-order valence-corrected chi connectivity index (χ4v) is 1.93. The molecule has 0 saturated heterocycles. The van der Waals surface area contributed by atoms with E-state index in [0.717, 1.165) is 10.0 Å². The number of carboxylic acid groups (broad SMARTS) is 1. The van der Waals surface area contributed by atoms with Crippen molar-refractivity contribution < 1.29 is 14.7 Å². The summed E-state index contributed by atoms with van der Waals surface area (Å²) in [5.74, 6) is -1.90. The summed E-state index contributed by atoms with van der Waals surface area (Å²) >= 11 is 3.41. The molecule has 0 spiro atoms. The van der Waals surface area contributed by atoms with Gasteiger partial charge in [0.2, 0.25) is 0 Å². The average Bonchev–Trinajstić information content (AvgIpc) is 2.35. The number of rotatable bonds is 5. The maximum atomic E-state index is 11.6. The molecule has 1 aromatic rings. The number of likely N-dealkylation sites (N-methyl/N-ethyl adjacent to an activating group) is 1. The lowest BCUT2D eigenvalue weighted by Gasteiger charge is -2.19. The van der Waals surface area contributed by atoms with Crippen molar-refractivity contribution in [2.45, 2.75) is 12.5 Å². The van der Waals surface area contributed by atoms with Crippen LogP contribution in [0.3, 0.4) is 0 Å². The Bertz CT molecular complexity index is 451. The monoisotopic (exact) mass is 314 g/mol. The molecule has 1 unspecified atom stereocenters. The first kappa shape index (κ1) is 14.7. The second-order valence-electron chi connectivity index (χ2n) is 3.92. The molecule has 18 heavy (non-hydrogen) atoms. The molecular weight excluding hydrogens is 300 g/mol. The van der Waals surface area contributed by atoms with Crippen LogP contribution >= 0.6 is 15.9 Å². The summed E-state index contributed by atoms with van der Waals surface area (Å²) in [5.41, 5.74) is 6.32. The Morgan fingerprint density at radius 1 is 1.44 bits per heavy atom. The molecule has 0 radical (unpaired) electrons. The van der Waals surface area contributed by atoms with Gasteiger partial charge in [0, 0.05) is 18.1 Å². The lowest BCUT2D eigenvalue weighted by Crippen LogP contribution is -2.47. The minimum Gasteiger partial charge on any atom is -0.480 e. The highest BCUT2D eigenvalue weighted by molar-refractivity contribution is 9.10. The van der Waals surface area contributed by atoms with Crippen LogP contribution in [-0.2, 0) is 16.0 Å². The largest absolute Gasteiger partial charge is 0.480 e. The van der Waals surface area contributed by atoms with Crippen LogP contribution in [0.5, 0.6) is 0 Å². The number of hydrogen-bond acceptors (Lipinski definition) is 3. The molecule has 3 N–H and O–H groups in total. The van der Waals surface area contributed by atoms with E-state index in [-0.39, 0.29) is 0 Å². The van der Waals surface area contributed by atoms with Crippen molar-refractivity contribution >= 4 is 27.8 Å². The van der Waals surface area contributed by atoms with Crippen LogP contribution in [0.25, 0.3) is 0 Å². The normalized spacial score (nSPS) is 11.9. The summed E-state index contributed by atoms with van der Waals surface area (Å²) in [5, 5.41) is 8.65. The molecule has 0 aromatic heterocycles. The Morgan fingerprint density at radius 3 is 2.61 bits per heavy atom. The molecular formula is C12H15BrN2O3. The van der Waals surface area contributed by atoms with E-state index >= 15 is 0 Å². The number of carbonyl (C=O) groups is 2. The van der Waals surface area contributed by atoms with Gasteiger partial charge < -0.3 is 15.7 Å². The Hall–Kier alpha value is -1.40. The Balaban J connectivity index is 2.56. The number of amides is 1. The van der Waals surface area contributed by atoms with Gasteiger partial charge in [-0.3, -0.25) is 4.79 Å². The topological polar surface area (TPSA) is 83.6 Å². The van der Waals surface area contributed by atoms with Gasteiger partial charge in [-0.05, 0) is 18.1 Å². The number of carbonyl (C=O) groups excluding carboxylic acids is 1. The van der Waals surface area contributed by atoms with Crippen LogP contribution in [0.1, 0.15) is 5.56 Å². The third-order valence-corrected chi connectivity index (χ3v) is 3.36. The number of aliphatic carboxylic acids is 1. The quantitative estimate of drug-likeness (QED) is 0.790. The molecule has 0 fully saturated rings. The molecule has 0 aliphatic carbocycles. The van der Waals surface area contributed by atoms with Gasteiger partial charge in [0.25, 0.3) is 5.91 Å². The summed E-state index contributed by atoms with van der Waals surface area (Å²) in [6.45, 7) is 0.419. The standard InChI is InChI=1S/C12H15BrN2O3/c1-15(11(16)10(14)12(17)18)7-6-8-4-2-3-5-9(8)13/h2-5,10H,6-7,14H2,1H3,(H,17,18). The number of nitrogens with zero attached hydrogens (tertiary/aromatic N) is 1. The van der Waals surface area contributed by atoms with Gasteiger partial charge in [-0.1, -0.05) is 34.1 Å². The van der Waals surface area contributed by atoms with Crippen LogP contribution in [0.4, 0.5) is 0 Å². The lowest BCUT2D eigenvalue weighted by molar-refractivity contribution is -0.145. The fraction of sp³-hybridized carbons (Fsp3) is 0.333. The van der Waals surface area contributed by atoms with Crippen molar-refractivity contribution in [3.63, 3.8) is 0 Å². The van der Waals surface area contributed by atoms with Gasteiger partial charge in [0.15, 0.2) is 6.04 Å². The molecule has 1 aromatic carbocycles. The zero-order valence-electron chi connectivity index (χ0n) is 9.97. The van der Waals surface area contributed by atoms with Gasteiger partial charge in [-0.2, -0.15) is 0 Å². The number of halogens is 1. The Morgan fingerprint density at radius 2 is 2.06 bits per heavy atom. The van der Waals surface area contributed by atoms with Crippen LogP contribution in [-0.4, -0.2) is 41.5 Å². The maximum Gasteiger partial charge on any atom is 0.330 e. The van der Waals surface area contributed by atoms with E-state index < -0.39 is 17.9 Å². The summed E-state index contributed by atoms with van der Waals surface area (Å²) in [6.07, 6.45) is 0.635. The van der Waals surface area contributed by atoms with Crippen molar-refractivity contribution in [3.8, 4) is 0 Å². The molecule has 0 heterocycles. The highest BCUT2D eigenvalue weighted by Gasteiger charge is 2.24. The van der Waals surface area contributed by atoms with Crippen LogP contribution < -0.4 is 5.73 Å². The third-order valence-electron chi connectivity index (χ3n) is 2.58. The Labute approximate surface area is 114 Å². The first-order valence-electron chi connectivity index (χ1n) is 5.40. The molecule has 0 aliphatic rings. The second-order valence-corrected chi connectivity index (χ2v) is 4.77. The van der Waals surface area contributed by atoms with Gasteiger partial charge in [0.05, 0.1) is 0 Å². The van der Waals surface area contributed by atoms with Gasteiger partial charge in [-0.25, -0.2) is 4.79 Å². The number of carboxylic acids is 1. The number of hydrogen-bond donors (Lipinski definition) is 2. The smallest absolute Gasteiger partial charge is 0.330 e. The molecule has 0 saturated carbocycles. The van der Waals surface area contributed by atoms with Gasteiger partial charge in [0.1, 0.15) is 0 Å². The summed E-state index contributed by atoms with van der Waals surface area (Å²) < 4.78 is 0.966. The summed E-state index contributed by atoms with van der Waals surface area (Å²) in [4.78, 5) is 23.5. The molecule has 0 aliphatic heterocycles. The summed E-state index contributed by atoms with van der Waals surface area (Å²) in [6, 6.07) is 6.18. The number of nitrogens with two attached hydrogens (primary N) is 1. The molecule has 6 heteroatoms. The van der Waals surface area contributed by atoms with Crippen molar-refractivity contribution in [1.29, 1.82) is 0 Å². The van der Waals surface area contributed by atoms with Crippen LogP contribution in [0, 0.1) is 0 Å².